The molecule has 0 amide bonds. The van der Waals surface area contributed by atoms with E-state index in [1.165, 1.54) is 29.0 Å². The second-order valence-corrected chi connectivity index (χ2v) is 5.59. The molecule has 20 heavy (non-hydrogen) atoms. The summed E-state index contributed by atoms with van der Waals surface area (Å²) in [5.74, 6) is 0. The number of fused-ring (bicyclic) bond motifs is 4. The summed E-state index contributed by atoms with van der Waals surface area (Å²) in [6, 6.07) is 2.06. The summed E-state index contributed by atoms with van der Waals surface area (Å²) < 4.78 is 2.66. The van der Waals surface area contributed by atoms with Gasteiger partial charge in [0.2, 0.25) is 0 Å². The van der Waals surface area contributed by atoms with Gasteiger partial charge in [0.25, 0.3) is 5.56 Å². The van der Waals surface area contributed by atoms with Gasteiger partial charge in [-0.25, -0.2) is 9.78 Å². The minimum absolute atomic E-state index is 0.226. The van der Waals surface area contributed by atoms with Gasteiger partial charge >= 0.3 is 5.69 Å². The first-order valence-corrected chi connectivity index (χ1v) is 7.18. The third-order valence-corrected chi connectivity index (χ3v) is 4.17. The van der Waals surface area contributed by atoms with Crippen molar-refractivity contribution >= 4 is 11.0 Å². The van der Waals surface area contributed by atoms with Crippen LogP contribution >= 0.6 is 0 Å². The maximum absolute atomic E-state index is 12.4. The van der Waals surface area contributed by atoms with E-state index in [0.717, 1.165) is 36.9 Å². The fourth-order valence-corrected chi connectivity index (χ4v) is 2.99. The van der Waals surface area contributed by atoms with Gasteiger partial charge in [0.15, 0.2) is 0 Å². The van der Waals surface area contributed by atoms with Gasteiger partial charge in [-0.1, -0.05) is 12.8 Å². The van der Waals surface area contributed by atoms with Crippen molar-refractivity contribution < 1.29 is 0 Å². The average molecular weight is 273 g/mol. The second-order valence-electron chi connectivity index (χ2n) is 5.59. The molecule has 1 aliphatic rings. The van der Waals surface area contributed by atoms with Gasteiger partial charge in [-0.15, -0.1) is 0 Å². The molecule has 0 saturated heterocycles. The van der Waals surface area contributed by atoms with Gasteiger partial charge in [-0.2, -0.15) is 0 Å². The van der Waals surface area contributed by atoms with E-state index >= 15 is 0 Å². The van der Waals surface area contributed by atoms with Crippen molar-refractivity contribution in [1.82, 2.24) is 14.1 Å². The largest absolute Gasteiger partial charge is 0.332 e. The van der Waals surface area contributed by atoms with Gasteiger partial charge in [0, 0.05) is 19.8 Å². The Morgan fingerprint density at radius 3 is 2.45 bits per heavy atom. The van der Waals surface area contributed by atoms with Crippen LogP contribution in [0.25, 0.3) is 11.0 Å². The van der Waals surface area contributed by atoms with Crippen molar-refractivity contribution in [2.45, 2.75) is 38.5 Å². The number of aromatic nitrogens is 3. The fraction of sp³-hybridized carbons (Fsp3) is 0.533. The highest BCUT2D eigenvalue weighted by Gasteiger charge is 2.16. The Morgan fingerprint density at radius 1 is 1.00 bits per heavy atom. The van der Waals surface area contributed by atoms with Crippen LogP contribution in [0.3, 0.4) is 0 Å². The van der Waals surface area contributed by atoms with E-state index < -0.39 is 0 Å². The Kier molecular flexibility index (Phi) is 3.20. The fourth-order valence-electron chi connectivity index (χ4n) is 2.99. The molecule has 0 atom stereocenters. The van der Waals surface area contributed by atoms with E-state index in [0.29, 0.717) is 11.0 Å². The van der Waals surface area contributed by atoms with Crippen LogP contribution in [0.5, 0.6) is 0 Å². The maximum atomic E-state index is 12.4. The van der Waals surface area contributed by atoms with Crippen LogP contribution < -0.4 is 11.2 Å². The zero-order chi connectivity index (χ0) is 14.3. The molecule has 2 bridgehead atoms. The maximum Gasteiger partial charge on any atom is 0.332 e. The summed E-state index contributed by atoms with van der Waals surface area (Å²) in [4.78, 5) is 29.0. The van der Waals surface area contributed by atoms with Crippen molar-refractivity contribution in [3.05, 3.63) is 38.2 Å². The molecule has 5 heteroatoms. The first kappa shape index (κ1) is 13.1. The van der Waals surface area contributed by atoms with Crippen molar-refractivity contribution in [2.24, 2.45) is 14.1 Å². The Bertz CT molecular complexity index is 786. The molecule has 0 spiro atoms. The molecule has 0 radical (unpaired) electrons. The number of hydrogen-bond acceptors (Lipinski definition) is 3. The van der Waals surface area contributed by atoms with E-state index in [2.05, 4.69) is 11.1 Å². The number of nitrogens with zero attached hydrogens (tertiary/aromatic N) is 3. The van der Waals surface area contributed by atoms with Crippen LogP contribution in [0, 0.1) is 0 Å². The van der Waals surface area contributed by atoms with Gasteiger partial charge in [0.05, 0.1) is 5.39 Å². The molecule has 106 valence electrons. The number of rotatable bonds is 0. The molecule has 0 aliphatic heterocycles. The van der Waals surface area contributed by atoms with E-state index in [9.17, 15) is 9.59 Å². The molecule has 2 heterocycles. The topological polar surface area (TPSA) is 56.9 Å². The minimum atomic E-state index is -0.312. The van der Waals surface area contributed by atoms with Crippen LogP contribution in [-0.4, -0.2) is 14.1 Å². The molecule has 2 aromatic rings. The SMILES string of the molecule is Cn1c(=O)c2c3cc(nc2n(C)c1=O)CCCCCC3. The first-order valence-electron chi connectivity index (χ1n) is 7.18. The molecule has 0 N–H and O–H groups in total. The molecule has 5 nitrogen and oxygen atoms in total. The Balaban J connectivity index is 2.42. The highest BCUT2D eigenvalue weighted by molar-refractivity contribution is 5.78. The predicted octanol–water partition coefficient (Wildman–Crippen LogP) is 1.29. The number of aryl methyl sites for hydroxylation is 3. The number of hydrogen-bond donors (Lipinski definition) is 0. The summed E-state index contributed by atoms with van der Waals surface area (Å²) in [5.41, 5.74) is 2.04. The Hall–Kier alpha value is -1.91. The van der Waals surface area contributed by atoms with Crippen molar-refractivity contribution in [3.63, 3.8) is 0 Å². The molecule has 3 rings (SSSR count). The lowest BCUT2D eigenvalue weighted by molar-refractivity contribution is 0.646. The third kappa shape index (κ3) is 1.97. The van der Waals surface area contributed by atoms with E-state index in [-0.39, 0.29) is 11.2 Å². The normalized spacial score (nSPS) is 15.7. The molecule has 0 fully saturated rings. The molecule has 0 aromatic carbocycles. The highest BCUT2D eigenvalue weighted by Crippen LogP contribution is 2.20. The standard InChI is InChI=1S/C15H19N3O2/c1-17-13-12(14(19)18(2)15(17)20)10-7-5-3-4-6-8-11(9-10)16-13/h9H,3-8H2,1-2H3. The van der Waals surface area contributed by atoms with Gasteiger partial charge in [0.1, 0.15) is 5.65 Å². The lowest BCUT2D eigenvalue weighted by Gasteiger charge is -2.11. The van der Waals surface area contributed by atoms with Crippen LogP contribution in [0.2, 0.25) is 0 Å². The van der Waals surface area contributed by atoms with Crippen molar-refractivity contribution in [1.29, 1.82) is 0 Å². The summed E-state index contributed by atoms with van der Waals surface area (Å²) in [6.45, 7) is 0. The molecule has 2 aromatic heterocycles. The van der Waals surface area contributed by atoms with Crippen molar-refractivity contribution in [3.8, 4) is 0 Å². The molecular formula is C15H19N3O2. The molecule has 0 unspecified atom stereocenters. The zero-order valence-corrected chi connectivity index (χ0v) is 12.0. The Labute approximate surface area is 116 Å². The van der Waals surface area contributed by atoms with Gasteiger partial charge in [-0.3, -0.25) is 13.9 Å². The minimum Gasteiger partial charge on any atom is -0.280 e. The predicted molar refractivity (Wildman–Crippen MR) is 78.1 cm³/mol. The van der Waals surface area contributed by atoms with Gasteiger partial charge < -0.3 is 0 Å². The van der Waals surface area contributed by atoms with Crippen LogP contribution in [0.4, 0.5) is 0 Å². The van der Waals surface area contributed by atoms with Crippen LogP contribution in [-0.2, 0) is 26.9 Å². The van der Waals surface area contributed by atoms with E-state index in [4.69, 9.17) is 0 Å². The molecular weight excluding hydrogens is 254 g/mol. The van der Waals surface area contributed by atoms with E-state index in [1.54, 1.807) is 7.05 Å². The first-order chi connectivity index (χ1) is 9.59. The lowest BCUT2D eigenvalue weighted by atomic mass is 10.1. The second kappa shape index (κ2) is 4.89. The Morgan fingerprint density at radius 2 is 1.70 bits per heavy atom. The highest BCUT2D eigenvalue weighted by atomic mass is 16.2. The summed E-state index contributed by atoms with van der Waals surface area (Å²) in [6.07, 6.45) is 6.41. The van der Waals surface area contributed by atoms with Crippen LogP contribution in [0.1, 0.15) is 36.9 Å². The lowest BCUT2D eigenvalue weighted by Crippen LogP contribution is -2.37. The van der Waals surface area contributed by atoms with Crippen molar-refractivity contribution in [2.75, 3.05) is 0 Å². The van der Waals surface area contributed by atoms with E-state index in [1.807, 2.05) is 0 Å². The third-order valence-electron chi connectivity index (χ3n) is 4.17. The van der Waals surface area contributed by atoms with Crippen LogP contribution in [0.15, 0.2) is 15.7 Å². The summed E-state index contributed by atoms with van der Waals surface area (Å²) >= 11 is 0. The zero-order valence-electron chi connectivity index (χ0n) is 12.0. The smallest absolute Gasteiger partial charge is 0.280 e. The molecule has 1 aliphatic carbocycles. The quantitative estimate of drug-likeness (QED) is 0.727. The summed E-state index contributed by atoms with van der Waals surface area (Å²) in [7, 11) is 3.21. The summed E-state index contributed by atoms with van der Waals surface area (Å²) in [5, 5.41) is 0.611. The molecule has 0 saturated carbocycles. The average Bonchev–Trinajstić information content (AvgIpc) is 2.53. The van der Waals surface area contributed by atoms with Gasteiger partial charge in [-0.05, 0) is 37.3 Å². The monoisotopic (exact) mass is 273 g/mol. The number of pyridine rings is 1.